The number of anilines is 1. The Labute approximate surface area is 161 Å². The molecule has 0 aliphatic heterocycles. The average molecular weight is 402 g/mol. The Morgan fingerprint density at radius 1 is 1.04 bits per heavy atom. The van der Waals surface area contributed by atoms with Gasteiger partial charge in [-0.25, -0.2) is 4.98 Å². The van der Waals surface area contributed by atoms with Crippen molar-refractivity contribution in [3.8, 4) is 5.75 Å². The Hall–Kier alpha value is -3.13. The van der Waals surface area contributed by atoms with Gasteiger partial charge in [0, 0.05) is 5.56 Å². The molecule has 0 radical (unpaired) electrons. The summed E-state index contributed by atoms with van der Waals surface area (Å²) in [4.78, 5) is 16.8. The van der Waals surface area contributed by atoms with Crippen molar-refractivity contribution in [3.63, 3.8) is 0 Å². The van der Waals surface area contributed by atoms with Gasteiger partial charge in [-0.3, -0.25) is 10.1 Å². The zero-order chi connectivity index (χ0) is 19.7. The van der Waals surface area contributed by atoms with E-state index in [0.717, 1.165) is 10.8 Å². The van der Waals surface area contributed by atoms with Crippen LogP contribution in [0.2, 0.25) is 0 Å². The first-order valence-corrected chi connectivity index (χ1v) is 9.09. The molecule has 0 fully saturated rings. The van der Waals surface area contributed by atoms with Crippen molar-refractivity contribution < 1.29 is 22.7 Å². The van der Waals surface area contributed by atoms with E-state index < -0.39 is 12.8 Å². The van der Waals surface area contributed by atoms with Gasteiger partial charge in [-0.1, -0.05) is 41.7 Å². The number of thiazole rings is 1. The fourth-order valence-corrected chi connectivity index (χ4v) is 3.60. The maximum absolute atomic E-state index is 12.5. The van der Waals surface area contributed by atoms with Gasteiger partial charge in [-0.15, -0.1) is 0 Å². The molecule has 0 bridgehead atoms. The van der Waals surface area contributed by atoms with Crippen LogP contribution in [0.15, 0.2) is 60.7 Å². The highest BCUT2D eigenvalue weighted by Crippen LogP contribution is 2.30. The molecule has 4 nitrogen and oxygen atoms in total. The van der Waals surface area contributed by atoms with Crippen LogP contribution in [-0.4, -0.2) is 23.7 Å². The highest BCUT2D eigenvalue weighted by atomic mass is 32.1. The summed E-state index contributed by atoms with van der Waals surface area (Å²) in [5.41, 5.74) is 1.06. The Morgan fingerprint density at radius 3 is 2.61 bits per heavy atom. The number of amides is 1. The molecular weight excluding hydrogens is 389 g/mol. The topological polar surface area (TPSA) is 51.2 Å². The first kappa shape index (κ1) is 18.2. The van der Waals surface area contributed by atoms with Gasteiger partial charge in [0.25, 0.3) is 5.91 Å². The minimum Gasteiger partial charge on any atom is -0.484 e. The molecule has 0 spiro atoms. The molecule has 3 aromatic carbocycles. The van der Waals surface area contributed by atoms with Crippen LogP contribution in [-0.2, 0) is 0 Å². The number of aromatic nitrogens is 1. The summed E-state index contributed by atoms with van der Waals surface area (Å²) in [5.74, 6) is -0.209. The molecule has 142 valence electrons. The monoisotopic (exact) mass is 402 g/mol. The molecule has 0 unspecified atom stereocenters. The first-order chi connectivity index (χ1) is 13.4. The van der Waals surface area contributed by atoms with Crippen LogP contribution in [0.5, 0.6) is 5.75 Å². The van der Waals surface area contributed by atoms with Crippen molar-refractivity contribution in [2.75, 3.05) is 11.9 Å². The van der Waals surface area contributed by atoms with Crippen molar-refractivity contribution >= 4 is 43.4 Å². The number of fused-ring (bicyclic) bond motifs is 2. The number of benzene rings is 3. The molecule has 4 aromatic rings. The van der Waals surface area contributed by atoms with Crippen LogP contribution in [0.4, 0.5) is 18.3 Å². The molecular formula is C20H13F3N2O2S. The van der Waals surface area contributed by atoms with E-state index in [1.807, 2.05) is 30.3 Å². The number of alkyl halides is 3. The fraction of sp³-hybridized carbons (Fsp3) is 0.100. The van der Waals surface area contributed by atoms with Crippen molar-refractivity contribution in [2.24, 2.45) is 0 Å². The van der Waals surface area contributed by atoms with Gasteiger partial charge in [0.15, 0.2) is 11.7 Å². The van der Waals surface area contributed by atoms with E-state index in [4.69, 9.17) is 4.74 Å². The minimum atomic E-state index is -4.40. The maximum Gasteiger partial charge on any atom is 0.422 e. The standard InChI is InChI=1S/C20H13F3N2O2S/c21-20(22,23)11-27-15-7-8-16-17(10-15)28-19(24-16)25-18(26)14-6-5-12-3-1-2-4-13(12)9-14/h1-10H,11H2,(H,24,25,26). The molecule has 28 heavy (non-hydrogen) atoms. The highest BCUT2D eigenvalue weighted by molar-refractivity contribution is 7.22. The quantitative estimate of drug-likeness (QED) is 0.480. The lowest BCUT2D eigenvalue weighted by atomic mass is 10.1. The SMILES string of the molecule is O=C(Nc1nc2ccc(OCC(F)(F)F)cc2s1)c1ccc2ccccc2c1. The van der Waals surface area contributed by atoms with Crippen LogP contribution >= 0.6 is 11.3 Å². The smallest absolute Gasteiger partial charge is 0.422 e. The van der Waals surface area contributed by atoms with Gasteiger partial charge in [-0.2, -0.15) is 13.2 Å². The summed E-state index contributed by atoms with van der Waals surface area (Å²) in [6.07, 6.45) is -4.40. The third-order valence-electron chi connectivity index (χ3n) is 3.99. The van der Waals surface area contributed by atoms with E-state index in [1.165, 1.54) is 23.5 Å². The zero-order valence-electron chi connectivity index (χ0n) is 14.3. The largest absolute Gasteiger partial charge is 0.484 e. The molecule has 4 rings (SSSR count). The number of hydrogen-bond acceptors (Lipinski definition) is 4. The number of halogens is 3. The second-order valence-corrected chi connectivity index (χ2v) is 7.10. The van der Waals surface area contributed by atoms with Crippen LogP contribution in [0.25, 0.3) is 21.0 Å². The van der Waals surface area contributed by atoms with Crippen molar-refractivity contribution in [1.29, 1.82) is 0 Å². The first-order valence-electron chi connectivity index (χ1n) is 8.28. The number of carbonyl (C=O) groups excluding carboxylic acids is 1. The number of rotatable bonds is 4. The number of nitrogens with one attached hydrogen (secondary N) is 1. The number of nitrogens with zero attached hydrogens (tertiary/aromatic N) is 1. The van der Waals surface area contributed by atoms with Crippen molar-refractivity contribution in [1.82, 2.24) is 4.98 Å². The van der Waals surface area contributed by atoms with Gasteiger partial charge >= 0.3 is 6.18 Å². The van der Waals surface area contributed by atoms with Crippen LogP contribution in [0, 0.1) is 0 Å². The van der Waals surface area contributed by atoms with Gasteiger partial charge in [-0.05, 0) is 41.1 Å². The van der Waals surface area contributed by atoms with E-state index in [1.54, 1.807) is 18.2 Å². The number of ether oxygens (including phenoxy) is 1. The summed E-state index contributed by atoms with van der Waals surface area (Å²) < 4.78 is 42.2. The van der Waals surface area contributed by atoms with Crippen molar-refractivity contribution in [2.45, 2.75) is 6.18 Å². The van der Waals surface area contributed by atoms with Gasteiger partial charge < -0.3 is 4.74 Å². The molecule has 8 heteroatoms. The van der Waals surface area contributed by atoms with Crippen LogP contribution < -0.4 is 10.1 Å². The predicted molar refractivity (Wildman–Crippen MR) is 103 cm³/mol. The van der Waals surface area contributed by atoms with Gasteiger partial charge in [0.1, 0.15) is 5.75 Å². The second-order valence-electron chi connectivity index (χ2n) is 6.07. The lowest BCUT2D eigenvalue weighted by molar-refractivity contribution is -0.153. The van der Waals surface area contributed by atoms with Gasteiger partial charge in [0.05, 0.1) is 10.2 Å². The summed E-state index contributed by atoms with van der Waals surface area (Å²) in [6, 6.07) is 17.6. The highest BCUT2D eigenvalue weighted by Gasteiger charge is 2.28. The van der Waals surface area contributed by atoms with E-state index in [0.29, 0.717) is 20.9 Å². The van der Waals surface area contributed by atoms with E-state index in [-0.39, 0.29) is 11.7 Å². The summed E-state index contributed by atoms with van der Waals surface area (Å²) in [6.45, 7) is -1.36. The fourth-order valence-electron chi connectivity index (χ4n) is 2.71. The number of carbonyl (C=O) groups is 1. The molecule has 0 atom stereocenters. The summed E-state index contributed by atoms with van der Waals surface area (Å²) in [5, 5.41) is 5.08. The molecule has 1 amide bonds. The average Bonchev–Trinajstić information content (AvgIpc) is 3.06. The lowest BCUT2D eigenvalue weighted by Crippen LogP contribution is -2.19. The summed E-state index contributed by atoms with van der Waals surface area (Å²) in [7, 11) is 0. The summed E-state index contributed by atoms with van der Waals surface area (Å²) >= 11 is 1.17. The predicted octanol–water partition coefficient (Wildman–Crippen LogP) is 5.64. The van der Waals surface area contributed by atoms with E-state index >= 15 is 0 Å². The Bertz CT molecular complexity index is 1170. The zero-order valence-corrected chi connectivity index (χ0v) is 15.1. The third kappa shape index (κ3) is 4.07. The van der Waals surface area contributed by atoms with Crippen LogP contribution in [0.1, 0.15) is 10.4 Å². The molecule has 1 heterocycles. The minimum absolute atomic E-state index is 0.0980. The van der Waals surface area contributed by atoms with E-state index in [9.17, 15) is 18.0 Å². The molecule has 0 saturated carbocycles. The maximum atomic E-state index is 12.5. The lowest BCUT2D eigenvalue weighted by Gasteiger charge is -2.08. The molecule has 1 N–H and O–H groups in total. The Balaban J connectivity index is 1.52. The molecule has 0 saturated heterocycles. The number of hydrogen-bond donors (Lipinski definition) is 1. The van der Waals surface area contributed by atoms with Gasteiger partial charge in [0.2, 0.25) is 0 Å². The Morgan fingerprint density at radius 2 is 1.82 bits per heavy atom. The Kier molecular flexibility index (Phi) is 4.64. The third-order valence-corrected chi connectivity index (χ3v) is 4.93. The molecule has 0 aliphatic carbocycles. The van der Waals surface area contributed by atoms with Crippen LogP contribution in [0.3, 0.4) is 0 Å². The van der Waals surface area contributed by atoms with E-state index in [2.05, 4.69) is 10.3 Å². The van der Waals surface area contributed by atoms with Crippen molar-refractivity contribution in [3.05, 3.63) is 66.2 Å². The molecule has 0 aliphatic rings. The normalized spacial score (nSPS) is 11.7. The molecule has 1 aromatic heterocycles. The second kappa shape index (κ2) is 7.12.